The highest BCUT2D eigenvalue weighted by Crippen LogP contribution is 2.39. The van der Waals surface area contributed by atoms with Crippen LogP contribution in [0.3, 0.4) is 0 Å². The molecule has 0 N–H and O–H groups in total. The van der Waals surface area contributed by atoms with E-state index in [2.05, 4.69) is 5.16 Å². The maximum Gasteiger partial charge on any atom is 0.232 e. The minimum atomic E-state index is -0.313. The van der Waals surface area contributed by atoms with Gasteiger partial charge in [0, 0.05) is 11.5 Å². The molecule has 108 valence electrons. The largest absolute Gasteiger partial charge is 0.398 e. The minimum absolute atomic E-state index is 0.0529. The van der Waals surface area contributed by atoms with Crippen LogP contribution in [-0.2, 0) is 9.63 Å². The second-order valence-corrected chi connectivity index (χ2v) is 6.15. The molecule has 1 aromatic carbocycles. The Morgan fingerprint density at radius 1 is 1.20 bits per heavy atom. The van der Waals surface area contributed by atoms with Crippen molar-refractivity contribution in [1.82, 2.24) is 4.90 Å². The van der Waals surface area contributed by atoms with E-state index in [0.29, 0.717) is 5.84 Å². The first-order valence-corrected chi connectivity index (χ1v) is 6.88. The van der Waals surface area contributed by atoms with Crippen molar-refractivity contribution in [3.05, 3.63) is 35.9 Å². The van der Waals surface area contributed by atoms with Gasteiger partial charge in [0.2, 0.25) is 5.91 Å². The third kappa shape index (κ3) is 2.42. The molecule has 0 radical (unpaired) electrons. The summed E-state index contributed by atoms with van der Waals surface area (Å²) in [6.45, 7) is 7.99. The van der Waals surface area contributed by atoms with Gasteiger partial charge in [-0.15, -0.1) is 0 Å². The average molecular weight is 274 g/mol. The molecule has 0 aliphatic carbocycles. The lowest BCUT2D eigenvalue weighted by Crippen LogP contribution is -2.46. The highest BCUT2D eigenvalue weighted by Gasteiger charge is 2.48. The number of rotatable bonds is 2. The molecule has 1 amide bonds. The molecule has 20 heavy (non-hydrogen) atoms. The number of amidine groups is 1. The maximum absolute atomic E-state index is 12.6. The van der Waals surface area contributed by atoms with Gasteiger partial charge in [-0.25, -0.2) is 0 Å². The summed E-state index contributed by atoms with van der Waals surface area (Å²) >= 11 is 0. The van der Waals surface area contributed by atoms with Crippen LogP contribution in [0.15, 0.2) is 35.5 Å². The van der Waals surface area contributed by atoms with Crippen molar-refractivity contribution in [3.8, 4) is 0 Å². The van der Waals surface area contributed by atoms with Gasteiger partial charge in [0.05, 0.1) is 5.92 Å². The van der Waals surface area contributed by atoms with Crippen LogP contribution in [0, 0.1) is 5.92 Å². The second kappa shape index (κ2) is 5.27. The van der Waals surface area contributed by atoms with E-state index in [0.717, 1.165) is 5.56 Å². The molecule has 1 heterocycles. The number of amides is 1. The standard InChI is InChI=1S/C16H22N2O2/c1-11-13(12-9-7-6-8-10-12)14(17-20-5)18(15(11)19)16(2,3)4/h6-11,13H,1-5H3. The molecule has 2 rings (SSSR count). The van der Waals surface area contributed by atoms with Crippen molar-refractivity contribution in [2.75, 3.05) is 7.11 Å². The third-order valence-corrected chi connectivity index (χ3v) is 3.63. The van der Waals surface area contributed by atoms with Crippen LogP contribution in [-0.4, -0.2) is 29.3 Å². The van der Waals surface area contributed by atoms with Gasteiger partial charge in [-0.05, 0) is 26.3 Å². The first-order valence-electron chi connectivity index (χ1n) is 6.88. The van der Waals surface area contributed by atoms with Crippen molar-refractivity contribution < 1.29 is 9.63 Å². The predicted octanol–water partition coefficient (Wildman–Crippen LogP) is 3.01. The monoisotopic (exact) mass is 274 g/mol. The number of likely N-dealkylation sites (tertiary alicyclic amines) is 1. The summed E-state index contributed by atoms with van der Waals surface area (Å²) in [4.78, 5) is 19.4. The molecule has 1 aliphatic heterocycles. The predicted molar refractivity (Wildman–Crippen MR) is 79.4 cm³/mol. The van der Waals surface area contributed by atoms with Crippen molar-refractivity contribution >= 4 is 11.7 Å². The van der Waals surface area contributed by atoms with Gasteiger partial charge < -0.3 is 4.84 Å². The molecule has 1 fully saturated rings. The lowest BCUT2D eigenvalue weighted by Gasteiger charge is -2.32. The van der Waals surface area contributed by atoms with E-state index in [1.165, 1.54) is 7.11 Å². The van der Waals surface area contributed by atoms with Gasteiger partial charge in [0.25, 0.3) is 0 Å². The van der Waals surface area contributed by atoms with E-state index in [-0.39, 0.29) is 23.3 Å². The lowest BCUT2D eigenvalue weighted by atomic mass is 9.89. The van der Waals surface area contributed by atoms with E-state index >= 15 is 0 Å². The van der Waals surface area contributed by atoms with Crippen LogP contribution >= 0.6 is 0 Å². The normalized spacial score (nSPS) is 25.4. The van der Waals surface area contributed by atoms with Gasteiger partial charge in [-0.2, -0.15) is 0 Å². The van der Waals surface area contributed by atoms with E-state index in [1.54, 1.807) is 4.90 Å². The van der Waals surface area contributed by atoms with Gasteiger partial charge in [0.15, 0.2) is 5.84 Å². The van der Waals surface area contributed by atoms with Crippen molar-refractivity contribution in [3.63, 3.8) is 0 Å². The van der Waals surface area contributed by atoms with Crippen molar-refractivity contribution in [2.45, 2.75) is 39.2 Å². The molecule has 1 aliphatic rings. The SMILES string of the molecule is CON=C1C(c2ccccc2)C(C)C(=O)N1C(C)(C)C. The Labute approximate surface area is 120 Å². The zero-order chi connectivity index (χ0) is 14.9. The van der Waals surface area contributed by atoms with Gasteiger partial charge in [0.1, 0.15) is 7.11 Å². The first-order chi connectivity index (χ1) is 9.38. The summed E-state index contributed by atoms with van der Waals surface area (Å²) in [5, 5.41) is 4.15. The summed E-state index contributed by atoms with van der Waals surface area (Å²) < 4.78 is 0. The highest BCUT2D eigenvalue weighted by atomic mass is 16.6. The van der Waals surface area contributed by atoms with Crippen molar-refractivity contribution in [1.29, 1.82) is 0 Å². The zero-order valence-electron chi connectivity index (χ0n) is 12.8. The van der Waals surface area contributed by atoms with Crippen LogP contribution in [0.4, 0.5) is 0 Å². The number of carbonyl (C=O) groups is 1. The van der Waals surface area contributed by atoms with E-state index in [9.17, 15) is 4.79 Å². The average Bonchev–Trinajstić information content (AvgIpc) is 2.63. The quantitative estimate of drug-likeness (QED) is 0.778. The Bertz CT molecular complexity index is 517. The molecule has 2 unspecified atom stereocenters. The van der Waals surface area contributed by atoms with Gasteiger partial charge in [-0.1, -0.05) is 42.4 Å². The second-order valence-electron chi connectivity index (χ2n) is 6.15. The Balaban J connectivity index is 2.52. The zero-order valence-corrected chi connectivity index (χ0v) is 12.8. The summed E-state index contributed by atoms with van der Waals surface area (Å²) in [7, 11) is 1.52. The molecule has 1 aromatic rings. The van der Waals surface area contributed by atoms with Crippen molar-refractivity contribution in [2.24, 2.45) is 11.1 Å². The Kier molecular flexibility index (Phi) is 3.84. The summed E-state index contributed by atoms with van der Waals surface area (Å²) in [5.74, 6) is 0.610. The Morgan fingerprint density at radius 3 is 2.30 bits per heavy atom. The molecule has 4 heteroatoms. The Hall–Kier alpha value is -1.84. The van der Waals surface area contributed by atoms with Crippen LogP contribution in [0.25, 0.3) is 0 Å². The summed E-state index contributed by atoms with van der Waals surface area (Å²) in [6.07, 6.45) is 0. The molecular weight excluding hydrogens is 252 g/mol. The van der Waals surface area contributed by atoms with Gasteiger partial charge >= 0.3 is 0 Å². The summed E-state index contributed by atoms with van der Waals surface area (Å²) in [6, 6.07) is 10.0. The number of nitrogens with zero attached hydrogens (tertiary/aromatic N) is 2. The number of carbonyl (C=O) groups excluding carboxylic acids is 1. The van der Waals surface area contributed by atoms with Gasteiger partial charge in [-0.3, -0.25) is 9.69 Å². The number of benzene rings is 1. The fourth-order valence-electron chi connectivity index (χ4n) is 2.79. The molecule has 2 atom stereocenters. The number of hydrogen-bond acceptors (Lipinski definition) is 3. The first kappa shape index (κ1) is 14.6. The third-order valence-electron chi connectivity index (χ3n) is 3.63. The lowest BCUT2D eigenvalue weighted by molar-refractivity contribution is -0.132. The fourth-order valence-corrected chi connectivity index (χ4v) is 2.79. The molecule has 0 aromatic heterocycles. The molecule has 0 spiro atoms. The van der Waals surface area contributed by atoms with Crippen LogP contribution in [0.2, 0.25) is 0 Å². The van der Waals surface area contributed by atoms with E-state index in [1.807, 2.05) is 58.0 Å². The van der Waals surface area contributed by atoms with Crippen LogP contribution < -0.4 is 0 Å². The fraction of sp³-hybridized carbons (Fsp3) is 0.500. The minimum Gasteiger partial charge on any atom is -0.398 e. The molecule has 0 bridgehead atoms. The Morgan fingerprint density at radius 2 is 1.80 bits per heavy atom. The van der Waals surface area contributed by atoms with E-state index < -0.39 is 0 Å². The summed E-state index contributed by atoms with van der Waals surface area (Å²) in [5.41, 5.74) is 0.780. The molecule has 0 saturated carbocycles. The number of hydrogen-bond donors (Lipinski definition) is 0. The van der Waals surface area contributed by atoms with Crippen LogP contribution in [0.5, 0.6) is 0 Å². The number of oxime groups is 1. The topological polar surface area (TPSA) is 41.9 Å². The molecular formula is C16H22N2O2. The van der Waals surface area contributed by atoms with E-state index in [4.69, 9.17) is 4.84 Å². The van der Waals surface area contributed by atoms with Crippen LogP contribution in [0.1, 0.15) is 39.2 Å². The smallest absolute Gasteiger partial charge is 0.232 e. The molecule has 4 nitrogen and oxygen atoms in total. The highest BCUT2D eigenvalue weighted by molar-refractivity contribution is 6.10. The molecule has 1 saturated heterocycles. The maximum atomic E-state index is 12.6.